The summed E-state index contributed by atoms with van der Waals surface area (Å²) in [6.45, 7) is 2.20. The molecule has 0 radical (unpaired) electrons. The van der Waals surface area contributed by atoms with E-state index >= 15 is 0 Å². The minimum absolute atomic E-state index is 0. The van der Waals surface area contributed by atoms with Crippen LogP contribution in [-0.2, 0) is 19.4 Å². The van der Waals surface area contributed by atoms with E-state index in [0.717, 1.165) is 43.4 Å². The quantitative estimate of drug-likeness (QED) is 0.388. The molecule has 1 aromatic heterocycles. The number of aliphatic imine (C=N–C) groups is 1. The number of benzene rings is 1. The summed E-state index contributed by atoms with van der Waals surface area (Å²) < 4.78 is 10.7. The van der Waals surface area contributed by atoms with Gasteiger partial charge in [0, 0.05) is 26.1 Å². The lowest BCUT2D eigenvalue weighted by Gasteiger charge is -2.12. The third-order valence-electron chi connectivity index (χ3n) is 4.11. The van der Waals surface area contributed by atoms with E-state index in [4.69, 9.17) is 9.47 Å². The van der Waals surface area contributed by atoms with Gasteiger partial charge in [-0.3, -0.25) is 4.99 Å². The highest BCUT2D eigenvalue weighted by Crippen LogP contribution is 2.25. The lowest BCUT2D eigenvalue weighted by Crippen LogP contribution is -2.38. The zero-order valence-electron chi connectivity index (χ0n) is 15.1. The molecule has 0 saturated heterocycles. The second-order valence-corrected chi connectivity index (χ2v) is 5.81. The van der Waals surface area contributed by atoms with Crippen LogP contribution in [0.4, 0.5) is 0 Å². The van der Waals surface area contributed by atoms with Crippen LogP contribution in [0.2, 0.25) is 0 Å². The normalized spacial score (nSPS) is 12.6. The molecule has 1 aliphatic heterocycles. The van der Waals surface area contributed by atoms with Gasteiger partial charge in [0.15, 0.2) is 5.96 Å². The van der Waals surface area contributed by atoms with Gasteiger partial charge in [0.1, 0.15) is 5.75 Å². The van der Waals surface area contributed by atoms with Crippen LogP contribution in [0, 0.1) is 0 Å². The fourth-order valence-corrected chi connectivity index (χ4v) is 2.79. The number of aromatic nitrogens is 1. The zero-order chi connectivity index (χ0) is 17.5. The molecule has 0 unspecified atom stereocenters. The Bertz CT molecular complexity index is 752. The van der Waals surface area contributed by atoms with Crippen LogP contribution in [0.15, 0.2) is 41.4 Å². The molecule has 0 fully saturated rings. The third-order valence-corrected chi connectivity index (χ3v) is 4.11. The second-order valence-electron chi connectivity index (χ2n) is 5.81. The molecule has 2 N–H and O–H groups in total. The summed E-state index contributed by atoms with van der Waals surface area (Å²) in [6, 6.07) is 12.1. The predicted molar refractivity (Wildman–Crippen MR) is 114 cm³/mol. The molecule has 2 aromatic rings. The molecule has 3 rings (SSSR count). The summed E-state index contributed by atoms with van der Waals surface area (Å²) in [5, 5.41) is 6.60. The van der Waals surface area contributed by atoms with Crippen LogP contribution in [0.1, 0.15) is 16.8 Å². The van der Waals surface area contributed by atoms with E-state index in [-0.39, 0.29) is 24.0 Å². The molecule has 0 bridgehead atoms. The molecular formula is C19H25IN4O2. The number of pyridine rings is 1. The van der Waals surface area contributed by atoms with Gasteiger partial charge in [-0.05, 0) is 29.7 Å². The Hall–Kier alpha value is -2.03. The Kier molecular flexibility index (Phi) is 7.96. The Labute approximate surface area is 171 Å². The highest BCUT2D eigenvalue weighted by molar-refractivity contribution is 14.0. The van der Waals surface area contributed by atoms with Crippen LogP contribution in [-0.4, -0.2) is 38.3 Å². The van der Waals surface area contributed by atoms with Gasteiger partial charge in [-0.15, -0.1) is 24.0 Å². The van der Waals surface area contributed by atoms with Crippen LogP contribution in [0.25, 0.3) is 0 Å². The SMILES string of the molecule is CN=C(NCCc1ccc2c(c1)CCO2)NCc1cccc(OC)n1.I. The van der Waals surface area contributed by atoms with Gasteiger partial charge in [0.25, 0.3) is 0 Å². The zero-order valence-corrected chi connectivity index (χ0v) is 17.4. The van der Waals surface area contributed by atoms with Gasteiger partial charge in [0.05, 0.1) is 26.0 Å². The third kappa shape index (κ3) is 5.48. The number of hydrogen-bond acceptors (Lipinski definition) is 4. The topological polar surface area (TPSA) is 67.8 Å². The molecule has 140 valence electrons. The van der Waals surface area contributed by atoms with Gasteiger partial charge in [-0.2, -0.15) is 0 Å². The summed E-state index contributed by atoms with van der Waals surface area (Å²) in [4.78, 5) is 8.63. The van der Waals surface area contributed by atoms with Crippen molar-refractivity contribution < 1.29 is 9.47 Å². The van der Waals surface area contributed by atoms with Gasteiger partial charge in [-0.25, -0.2) is 4.98 Å². The second kappa shape index (κ2) is 10.2. The first-order valence-corrected chi connectivity index (χ1v) is 8.47. The van der Waals surface area contributed by atoms with Crippen molar-refractivity contribution in [1.29, 1.82) is 0 Å². The van der Waals surface area contributed by atoms with Crippen LogP contribution < -0.4 is 20.1 Å². The Morgan fingerprint density at radius 3 is 2.96 bits per heavy atom. The number of fused-ring (bicyclic) bond motifs is 1. The van der Waals surface area contributed by atoms with E-state index in [1.54, 1.807) is 14.2 Å². The molecule has 0 aliphatic carbocycles. The van der Waals surface area contributed by atoms with E-state index in [0.29, 0.717) is 12.4 Å². The highest BCUT2D eigenvalue weighted by Gasteiger charge is 2.11. The molecule has 1 aromatic carbocycles. The molecule has 0 spiro atoms. The molecule has 0 amide bonds. The van der Waals surface area contributed by atoms with E-state index in [1.165, 1.54) is 11.1 Å². The lowest BCUT2D eigenvalue weighted by atomic mass is 10.1. The van der Waals surface area contributed by atoms with Crippen molar-refractivity contribution in [3.05, 3.63) is 53.2 Å². The van der Waals surface area contributed by atoms with Crippen molar-refractivity contribution in [2.24, 2.45) is 4.99 Å². The first kappa shape index (κ1) is 20.3. The van der Waals surface area contributed by atoms with Crippen molar-refractivity contribution in [2.45, 2.75) is 19.4 Å². The standard InChI is InChI=1S/C19H24N4O2.HI/c1-20-19(22-13-16-4-3-5-18(23-16)24-2)21-10-8-14-6-7-17-15(12-14)9-11-25-17;/h3-7,12H,8-11,13H2,1-2H3,(H2,20,21,22);1H. The van der Waals surface area contributed by atoms with Gasteiger partial charge >= 0.3 is 0 Å². The van der Waals surface area contributed by atoms with Crippen molar-refractivity contribution in [1.82, 2.24) is 15.6 Å². The van der Waals surface area contributed by atoms with Gasteiger partial charge < -0.3 is 20.1 Å². The van der Waals surface area contributed by atoms with Crippen molar-refractivity contribution in [3.63, 3.8) is 0 Å². The predicted octanol–water partition coefficient (Wildman–Crippen LogP) is 2.55. The Morgan fingerprint density at radius 1 is 1.27 bits per heavy atom. The lowest BCUT2D eigenvalue weighted by molar-refractivity contribution is 0.357. The van der Waals surface area contributed by atoms with Gasteiger partial charge in [0.2, 0.25) is 5.88 Å². The molecule has 0 atom stereocenters. The number of ether oxygens (including phenoxy) is 2. The Morgan fingerprint density at radius 2 is 2.15 bits per heavy atom. The largest absolute Gasteiger partial charge is 0.493 e. The van der Waals surface area contributed by atoms with Gasteiger partial charge in [-0.1, -0.05) is 18.2 Å². The minimum Gasteiger partial charge on any atom is -0.493 e. The number of halogens is 1. The van der Waals surface area contributed by atoms with Crippen LogP contribution in [0.3, 0.4) is 0 Å². The summed E-state index contributed by atoms with van der Waals surface area (Å²) in [5.41, 5.74) is 3.52. The molecule has 7 heteroatoms. The molecule has 0 saturated carbocycles. The number of hydrogen-bond donors (Lipinski definition) is 2. The maximum absolute atomic E-state index is 5.54. The summed E-state index contributed by atoms with van der Waals surface area (Å²) in [5.74, 6) is 2.40. The van der Waals surface area contributed by atoms with Crippen molar-refractivity contribution in [3.8, 4) is 11.6 Å². The maximum Gasteiger partial charge on any atom is 0.213 e. The van der Waals surface area contributed by atoms with E-state index in [1.807, 2.05) is 18.2 Å². The number of methoxy groups -OCH3 is 1. The first-order chi connectivity index (χ1) is 12.3. The average molecular weight is 468 g/mol. The fourth-order valence-electron chi connectivity index (χ4n) is 2.79. The smallest absolute Gasteiger partial charge is 0.213 e. The van der Waals surface area contributed by atoms with E-state index < -0.39 is 0 Å². The molecule has 2 heterocycles. The summed E-state index contributed by atoms with van der Waals surface area (Å²) in [6.07, 6.45) is 1.94. The molecule has 1 aliphatic rings. The monoisotopic (exact) mass is 468 g/mol. The summed E-state index contributed by atoms with van der Waals surface area (Å²) >= 11 is 0. The Balaban J connectivity index is 0.00000243. The molecule has 26 heavy (non-hydrogen) atoms. The number of nitrogens with zero attached hydrogens (tertiary/aromatic N) is 2. The van der Waals surface area contributed by atoms with Crippen LogP contribution in [0.5, 0.6) is 11.6 Å². The molecule has 6 nitrogen and oxygen atoms in total. The van der Waals surface area contributed by atoms with E-state index in [2.05, 4.69) is 38.8 Å². The number of nitrogens with one attached hydrogen (secondary N) is 2. The highest BCUT2D eigenvalue weighted by atomic mass is 127. The minimum atomic E-state index is 0. The number of rotatable bonds is 6. The van der Waals surface area contributed by atoms with Crippen LogP contribution >= 0.6 is 24.0 Å². The maximum atomic E-state index is 5.54. The number of guanidine groups is 1. The van der Waals surface area contributed by atoms with Crippen molar-refractivity contribution in [2.75, 3.05) is 27.3 Å². The van der Waals surface area contributed by atoms with Crippen molar-refractivity contribution >= 4 is 29.9 Å². The average Bonchev–Trinajstić information content (AvgIpc) is 3.12. The molecular weight excluding hydrogens is 443 g/mol. The first-order valence-electron chi connectivity index (χ1n) is 8.47. The summed E-state index contributed by atoms with van der Waals surface area (Å²) in [7, 11) is 3.38. The fraction of sp³-hybridized carbons (Fsp3) is 0.368. The van der Waals surface area contributed by atoms with E-state index in [9.17, 15) is 0 Å².